The summed E-state index contributed by atoms with van der Waals surface area (Å²) in [6, 6.07) is 1.76. The van der Waals surface area contributed by atoms with Crippen LogP contribution in [0.5, 0.6) is 0 Å². The van der Waals surface area contributed by atoms with Gasteiger partial charge in [-0.15, -0.1) is 0 Å². The first-order chi connectivity index (χ1) is 9.16. The summed E-state index contributed by atoms with van der Waals surface area (Å²) >= 11 is 1.46. The highest BCUT2D eigenvalue weighted by molar-refractivity contribution is 7.08. The zero-order valence-electron chi connectivity index (χ0n) is 10.6. The van der Waals surface area contributed by atoms with Crippen LogP contribution in [0, 0.1) is 0 Å². The lowest BCUT2D eigenvalue weighted by Gasteiger charge is -2.24. The normalized spacial score (nSPS) is 18.4. The third kappa shape index (κ3) is 4.04. The molecule has 1 N–H and O–H groups in total. The fourth-order valence-corrected chi connectivity index (χ4v) is 2.74. The molecule has 6 heteroatoms. The van der Waals surface area contributed by atoms with Gasteiger partial charge < -0.3 is 14.7 Å². The number of carbonyl (C=O) groups is 2. The van der Waals surface area contributed by atoms with Gasteiger partial charge in [-0.1, -0.05) is 0 Å². The van der Waals surface area contributed by atoms with Crippen LogP contribution in [0.1, 0.15) is 29.6 Å². The van der Waals surface area contributed by atoms with E-state index in [1.807, 2.05) is 5.38 Å². The smallest absolute Gasteiger partial charge is 0.305 e. The highest BCUT2D eigenvalue weighted by Crippen LogP contribution is 2.16. The molecule has 1 aliphatic rings. The molecule has 2 rings (SSSR count). The van der Waals surface area contributed by atoms with Gasteiger partial charge in [0.1, 0.15) is 0 Å². The number of aliphatic carboxylic acids is 1. The van der Waals surface area contributed by atoms with Crippen molar-refractivity contribution in [1.29, 1.82) is 0 Å². The Morgan fingerprint density at radius 2 is 2.37 bits per heavy atom. The fourth-order valence-electron chi connectivity index (χ4n) is 2.11. The van der Waals surface area contributed by atoms with E-state index in [9.17, 15) is 9.59 Å². The molecule has 0 aromatic carbocycles. The highest BCUT2D eigenvalue weighted by atomic mass is 32.1. The molecule has 1 saturated heterocycles. The molecule has 0 spiro atoms. The van der Waals surface area contributed by atoms with E-state index in [2.05, 4.69) is 0 Å². The Kier molecular flexibility index (Phi) is 4.93. The number of amides is 1. The molecule has 104 valence electrons. The molecule has 1 aromatic rings. The van der Waals surface area contributed by atoms with Gasteiger partial charge in [0.2, 0.25) is 0 Å². The largest absolute Gasteiger partial charge is 0.481 e. The predicted molar refractivity (Wildman–Crippen MR) is 71.4 cm³/mol. The summed E-state index contributed by atoms with van der Waals surface area (Å²) in [7, 11) is 0. The van der Waals surface area contributed by atoms with E-state index in [-0.39, 0.29) is 25.0 Å². The third-order valence-corrected chi connectivity index (χ3v) is 3.78. The SMILES string of the molecule is O=C(O)CCN(CC1CCCO1)C(=O)c1ccsc1. The van der Waals surface area contributed by atoms with Crippen LogP contribution in [-0.4, -0.2) is 47.7 Å². The van der Waals surface area contributed by atoms with Crippen LogP contribution in [0.25, 0.3) is 0 Å². The van der Waals surface area contributed by atoms with E-state index >= 15 is 0 Å². The topological polar surface area (TPSA) is 66.8 Å². The van der Waals surface area contributed by atoms with Crippen LogP contribution >= 0.6 is 11.3 Å². The quantitative estimate of drug-likeness (QED) is 0.865. The number of carboxylic acid groups (broad SMARTS) is 1. The zero-order valence-corrected chi connectivity index (χ0v) is 11.4. The minimum atomic E-state index is -0.893. The van der Waals surface area contributed by atoms with Gasteiger partial charge in [0.15, 0.2) is 0 Å². The minimum absolute atomic E-state index is 0.0383. The lowest BCUT2D eigenvalue weighted by Crippen LogP contribution is -2.38. The van der Waals surface area contributed by atoms with E-state index in [0.29, 0.717) is 12.1 Å². The minimum Gasteiger partial charge on any atom is -0.481 e. The van der Waals surface area contributed by atoms with Crippen molar-refractivity contribution in [3.63, 3.8) is 0 Å². The lowest BCUT2D eigenvalue weighted by molar-refractivity contribution is -0.137. The van der Waals surface area contributed by atoms with Crippen molar-refractivity contribution in [2.45, 2.75) is 25.4 Å². The standard InChI is InChI=1S/C13H17NO4S/c15-12(16)3-5-14(8-11-2-1-6-18-11)13(17)10-4-7-19-9-10/h4,7,9,11H,1-3,5-6,8H2,(H,15,16). The molecule has 1 aliphatic heterocycles. The molecule has 0 saturated carbocycles. The number of ether oxygens (including phenoxy) is 1. The Balaban J connectivity index is 1.99. The van der Waals surface area contributed by atoms with E-state index in [0.717, 1.165) is 19.4 Å². The van der Waals surface area contributed by atoms with Crippen molar-refractivity contribution in [2.24, 2.45) is 0 Å². The number of nitrogens with zero attached hydrogens (tertiary/aromatic N) is 1. The van der Waals surface area contributed by atoms with Crippen LogP contribution in [-0.2, 0) is 9.53 Å². The molecule has 1 aromatic heterocycles. The maximum absolute atomic E-state index is 12.3. The Morgan fingerprint density at radius 3 is 2.95 bits per heavy atom. The fraction of sp³-hybridized carbons (Fsp3) is 0.538. The molecule has 1 amide bonds. The number of carboxylic acids is 1. The van der Waals surface area contributed by atoms with Crippen LogP contribution in [0.15, 0.2) is 16.8 Å². The van der Waals surface area contributed by atoms with Crippen molar-refractivity contribution >= 4 is 23.2 Å². The highest BCUT2D eigenvalue weighted by Gasteiger charge is 2.23. The van der Waals surface area contributed by atoms with Gasteiger partial charge in [0.25, 0.3) is 5.91 Å². The monoisotopic (exact) mass is 283 g/mol. The molecule has 1 fully saturated rings. The molecule has 1 unspecified atom stereocenters. The second-order valence-electron chi connectivity index (χ2n) is 4.54. The summed E-state index contributed by atoms with van der Waals surface area (Å²) in [5, 5.41) is 12.4. The van der Waals surface area contributed by atoms with Crippen molar-refractivity contribution < 1.29 is 19.4 Å². The van der Waals surface area contributed by atoms with Gasteiger partial charge >= 0.3 is 5.97 Å². The first-order valence-electron chi connectivity index (χ1n) is 6.31. The second-order valence-corrected chi connectivity index (χ2v) is 5.32. The van der Waals surface area contributed by atoms with Gasteiger partial charge in [-0.05, 0) is 24.3 Å². The summed E-state index contributed by atoms with van der Waals surface area (Å²) in [5.41, 5.74) is 0.619. The van der Waals surface area contributed by atoms with E-state index in [4.69, 9.17) is 9.84 Å². The Morgan fingerprint density at radius 1 is 1.53 bits per heavy atom. The average molecular weight is 283 g/mol. The third-order valence-electron chi connectivity index (χ3n) is 3.10. The number of rotatable bonds is 6. The van der Waals surface area contributed by atoms with Gasteiger partial charge in [-0.2, -0.15) is 11.3 Å². The van der Waals surface area contributed by atoms with Gasteiger partial charge in [-0.3, -0.25) is 9.59 Å². The number of hydrogen-bond donors (Lipinski definition) is 1. The Labute approximate surface area is 115 Å². The first kappa shape index (κ1) is 14.0. The molecule has 2 heterocycles. The predicted octanol–water partition coefficient (Wildman–Crippen LogP) is 1.84. The Hall–Kier alpha value is -1.40. The van der Waals surface area contributed by atoms with Gasteiger partial charge in [0, 0.05) is 25.1 Å². The van der Waals surface area contributed by atoms with Crippen LogP contribution in [0.3, 0.4) is 0 Å². The van der Waals surface area contributed by atoms with E-state index < -0.39 is 5.97 Å². The number of carbonyl (C=O) groups excluding carboxylic acids is 1. The molecular weight excluding hydrogens is 266 g/mol. The van der Waals surface area contributed by atoms with Crippen LogP contribution in [0.2, 0.25) is 0 Å². The summed E-state index contributed by atoms with van der Waals surface area (Å²) in [6.07, 6.45) is 1.93. The van der Waals surface area contributed by atoms with E-state index in [1.54, 1.807) is 16.3 Å². The summed E-state index contributed by atoms with van der Waals surface area (Å²) < 4.78 is 5.52. The summed E-state index contributed by atoms with van der Waals surface area (Å²) in [4.78, 5) is 24.6. The van der Waals surface area contributed by atoms with Gasteiger partial charge in [-0.25, -0.2) is 0 Å². The van der Waals surface area contributed by atoms with Crippen LogP contribution in [0.4, 0.5) is 0 Å². The zero-order chi connectivity index (χ0) is 13.7. The average Bonchev–Trinajstić information content (AvgIpc) is 3.06. The molecule has 1 atom stereocenters. The molecule has 0 bridgehead atoms. The lowest BCUT2D eigenvalue weighted by atomic mass is 10.2. The first-order valence-corrected chi connectivity index (χ1v) is 7.26. The van der Waals surface area contributed by atoms with Crippen molar-refractivity contribution in [3.05, 3.63) is 22.4 Å². The summed E-state index contributed by atoms with van der Waals surface area (Å²) in [6.45, 7) is 1.43. The number of hydrogen-bond acceptors (Lipinski definition) is 4. The van der Waals surface area contributed by atoms with Crippen LogP contribution < -0.4 is 0 Å². The maximum Gasteiger partial charge on any atom is 0.305 e. The van der Waals surface area contributed by atoms with Crippen molar-refractivity contribution in [2.75, 3.05) is 19.7 Å². The molecule has 5 nitrogen and oxygen atoms in total. The Bertz CT molecular complexity index is 426. The van der Waals surface area contributed by atoms with E-state index in [1.165, 1.54) is 11.3 Å². The second kappa shape index (κ2) is 6.68. The van der Waals surface area contributed by atoms with Crippen molar-refractivity contribution in [3.8, 4) is 0 Å². The molecule has 19 heavy (non-hydrogen) atoms. The molecular formula is C13H17NO4S. The van der Waals surface area contributed by atoms with Gasteiger partial charge in [0.05, 0.1) is 18.1 Å². The number of thiophene rings is 1. The molecule has 0 aliphatic carbocycles. The maximum atomic E-state index is 12.3. The molecule has 0 radical (unpaired) electrons. The summed E-state index contributed by atoms with van der Waals surface area (Å²) in [5.74, 6) is -1.01. The van der Waals surface area contributed by atoms with Crippen molar-refractivity contribution in [1.82, 2.24) is 4.90 Å².